The van der Waals surface area contributed by atoms with E-state index in [1.807, 2.05) is 0 Å². The summed E-state index contributed by atoms with van der Waals surface area (Å²) < 4.78 is 35.8. The number of esters is 4. The quantitative estimate of drug-likeness (QED) is 0.135. The van der Waals surface area contributed by atoms with Crippen LogP contribution < -0.4 is 5.32 Å². The van der Waals surface area contributed by atoms with Crippen molar-refractivity contribution in [3.05, 3.63) is 82.9 Å². The highest BCUT2D eigenvalue weighted by molar-refractivity contribution is 5.95. The minimum atomic E-state index is -2.12. The van der Waals surface area contributed by atoms with Gasteiger partial charge in [0.1, 0.15) is 47.4 Å². The molecule has 65 heavy (non-hydrogen) atoms. The smallest absolute Gasteiger partial charge is 0.408 e. The number of ketones is 2. The Morgan fingerprint density at radius 2 is 1.58 bits per heavy atom. The molecule has 17 nitrogen and oxygen atoms in total. The van der Waals surface area contributed by atoms with Crippen LogP contribution in [0.1, 0.15) is 96.1 Å². The summed E-state index contributed by atoms with van der Waals surface area (Å²) in [5, 5.41) is 40.2. The first-order valence-corrected chi connectivity index (χ1v) is 21.9. The highest BCUT2D eigenvalue weighted by Crippen LogP contribution is 2.84. The standard InChI is InChI=1S/C48H55NO16/c1-23(50)18-19-31(53)61-37(34(26-14-10-8-11-15-26)49-43(58)65-44(4,5)6)42(57)62-36-28-21-47(59)40(63-41(56)27-16-12-9-13-17-27)38-45(7,29(52)20-30-46(38,22-60-30)64-25(3)51)39(55)35(54)32-24(2)33(36)48(28,32)47/h8-17,28-30,33-38,40,52,54,59H,18-22H2,1-7H3,(H,49,58)/t28?,29-,30+,33?,34-,35+,36-,37+,38-,40-,45+,46-,47+,48?/m0/s1. The predicted molar refractivity (Wildman–Crippen MR) is 223 cm³/mol. The van der Waals surface area contributed by atoms with Gasteiger partial charge in [-0.3, -0.25) is 14.4 Å². The predicted octanol–water partition coefficient (Wildman–Crippen LogP) is 3.40. The Bertz CT molecular complexity index is 2340. The molecule has 8 rings (SSSR count). The highest BCUT2D eigenvalue weighted by Gasteiger charge is 2.91. The lowest BCUT2D eigenvalue weighted by Gasteiger charge is -2.83. The van der Waals surface area contributed by atoms with Gasteiger partial charge in [-0.1, -0.05) is 54.1 Å². The summed E-state index contributed by atoms with van der Waals surface area (Å²) in [4.78, 5) is 95.2. The summed E-state index contributed by atoms with van der Waals surface area (Å²) in [6, 6.07) is 14.8. The van der Waals surface area contributed by atoms with E-state index in [1.165, 1.54) is 32.9 Å². The summed E-state index contributed by atoms with van der Waals surface area (Å²) in [6.45, 7) is 10.2. The zero-order valence-electron chi connectivity index (χ0n) is 37.2. The van der Waals surface area contributed by atoms with Crippen LogP contribution in [0.25, 0.3) is 0 Å². The molecule has 4 saturated carbocycles. The lowest BCUT2D eigenvalue weighted by atomic mass is 9.22. The van der Waals surface area contributed by atoms with Gasteiger partial charge in [-0.15, -0.1) is 0 Å². The molecule has 2 aromatic carbocycles. The molecule has 1 aliphatic heterocycles. The molecular weight excluding hydrogens is 847 g/mol. The van der Waals surface area contributed by atoms with Gasteiger partial charge >= 0.3 is 30.0 Å². The Hall–Kier alpha value is -5.49. The summed E-state index contributed by atoms with van der Waals surface area (Å²) in [7, 11) is 0. The average molecular weight is 902 g/mol. The van der Waals surface area contributed by atoms with Gasteiger partial charge in [0.15, 0.2) is 11.4 Å². The maximum atomic E-state index is 15.0. The largest absolute Gasteiger partial charge is 0.459 e. The SMILES string of the molecule is CC(=O)CCC(=O)O[C@@H](C(=O)O[C@H]1C2C[C@@]3(O)[C@@H](OC(=O)c4ccccc4)[C@@H]4[C@]5(OC(C)=O)CO[C@@H]5C[C@H](O)[C@@]4(C)C(=O)[C@H](O)C4=C(C)C1C423)[C@@H](NC(=O)OC(C)(C)C)c1ccccc1. The van der Waals surface area contributed by atoms with Gasteiger partial charge in [-0.25, -0.2) is 14.4 Å². The number of alkyl carbamates (subject to hydrolysis) is 1. The van der Waals surface area contributed by atoms with Gasteiger partial charge in [-0.2, -0.15) is 0 Å². The lowest BCUT2D eigenvalue weighted by molar-refractivity contribution is -0.398. The topological polar surface area (TPSA) is 248 Å². The van der Waals surface area contributed by atoms with E-state index in [1.54, 1.807) is 76.2 Å². The van der Waals surface area contributed by atoms with E-state index in [4.69, 9.17) is 28.4 Å². The molecule has 1 heterocycles. The molecule has 1 saturated heterocycles. The van der Waals surface area contributed by atoms with Crippen LogP contribution in [0.2, 0.25) is 0 Å². The number of ether oxygens (including phenoxy) is 6. The minimum absolute atomic E-state index is 0.105. The Balaban J connectivity index is 1.20. The van der Waals surface area contributed by atoms with E-state index >= 15 is 0 Å². The molecule has 0 radical (unpaired) electrons. The van der Waals surface area contributed by atoms with Gasteiger partial charge in [0.2, 0.25) is 6.10 Å². The summed E-state index contributed by atoms with van der Waals surface area (Å²) in [5.74, 6) is -7.98. The summed E-state index contributed by atoms with van der Waals surface area (Å²) in [6.07, 6.45) is -10.9. The number of carbonyl (C=O) groups excluding carboxylic acids is 7. The van der Waals surface area contributed by atoms with E-state index < -0.39 is 124 Å². The number of carbonyl (C=O) groups is 7. The number of rotatable bonds is 12. The third-order valence-corrected chi connectivity index (χ3v) is 14.7. The third-order valence-electron chi connectivity index (χ3n) is 14.7. The average Bonchev–Trinajstić information content (AvgIpc) is 3.23. The van der Waals surface area contributed by atoms with Crippen molar-refractivity contribution in [2.24, 2.45) is 28.6 Å². The van der Waals surface area contributed by atoms with Crippen molar-refractivity contribution < 1.29 is 77.3 Å². The van der Waals surface area contributed by atoms with E-state index in [-0.39, 0.29) is 49.2 Å². The van der Waals surface area contributed by atoms with Crippen molar-refractivity contribution in [3.8, 4) is 0 Å². The number of benzene rings is 2. The Morgan fingerprint density at radius 1 is 0.938 bits per heavy atom. The second-order valence-electron chi connectivity index (χ2n) is 19.5. The van der Waals surface area contributed by atoms with Gasteiger partial charge in [0.05, 0.1) is 36.0 Å². The van der Waals surface area contributed by atoms with Gasteiger partial charge in [-0.05, 0) is 71.2 Å². The van der Waals surface area contributed by atoms with Crippen LogP contribution in [0.15, 0.2) is 71.8 Å². The summed E-state index contributed by atoms with van der Waals surface area (Å²) in [5.41, 5.74) is -7.29. The van der Waals surface area contributed by atoms with Crippen LogP contribution in [0, 0.1) is 28.6 Å². The number of nitrogens with one attached hydrogen (secondary N) is 1. The maximum absolute atomic E-state index is 15.0. The number of hydrogen-bond acceptors (Lipinski definition) is 16. The lowest BCUT2D eigenvalue weighted by Crippen LogP contribution is -2.92. The zero-order chi connectivity index (χ0) is 47.2. The molecule has 348 valence electrons. The molecule has 17 heteroatoms. The van der Waals surface area contributed by atoms with Crippen LogP contribution in [0.4, 0.5) is 4.79 Å². The maximum Gasteiger partial charge on any atom is 0.408 e. The van der Waals surface area contributed by atoms with Crippen molar-refractivity contribution in [2.45, 2.75) is 134 Å². The van der Waals surface area contributed by atoms with E-state index in [0.717, 1.165) is 0 Å². The van der Waals surface area contributed by atoms with Gasteiger partial charge < -0.3 is 53.9 Å². The summed E-state index contributed by atoms with van der Waals surface area (Å²) >= 11 is 0. The Morgan fingerprint density at radius 3 is 2.17 bits per heavy atom. The van der Waals surface area contributed by atoms with Crippen LogP contribution in [-0.2, 0) is 52.4 Å². The number of amides is 1. The van der Waals surface area contributed by atoms with E-state index in [9.17, 15) is 48.9 Å². The van der Waals surface area contributed by atoms with Crippen LogP contribution in [-0.4, -0.2) is 117 Å². The van der Waals surface area contributed by atoms with E-state index in [0.29, 0.717) is 11.1 Å². The molecule has 4 N–H and O–H groups in total. The molecule has 1 spiro atoms. The van der Waals surface area contributed by atoms with Crippen molar-refractivity contribution in [1.29, 1.82) is 0 Å². The Labute approximate surface area is 375 Å². The van der Waals surface area contributed by atoms with Crippen molar-refractivity contribution in [1.82, 2.24) is 5.32 Å². The van der Waals surface area contributed by atoms with Crippen LogP contribution in [0.5, 0.6) is 0 Å². The van der Waals surface area contributed by atoms with Gasteiger partial charge in [0, 0.05) is 37.0 Å². The van der Waals surface area contributed by atoms with E-state index in [2.05, 4.69) is 5.32 Å². The monoisotopic (exact) mass is 901 g/mol. The first-order chi connectivity index (χ1) is 30.5. The highest BCUT2D eigenvalue weighted by atomic mass is 16.6. The second-order valence-corrected chi connectivity index (χ2v) is 19.5. The normalized spacial score (nSPS) is 35.9. The second kappa shape index (κ2) is 16.1. The molecule has 2 aromatic rings. The third kappa shape index (κ3) is 6.99. The molecular formula is C48H55NO16. The van der Waals surface area contributed by atoms with Gasteiger partial charge in [0.25, 0.3) is 0 Å². The molecule has 0 bridgehead atoms. The van der Waals surface area contributed by atoms with Crippen molar-refractivity contribution in [3.63, 3.8) is 0 Å². The number of aliphatic hydroxyl groups is 3. The van der Waals surface area contributed by atoms with Crippen molar-refractivity contribution in [2.75, 3.05) is 6.61 Å². The van der Waals surface area contributed by atoms with Crippen LogP contribution >= 0.6 is 0 Å². The fourth-order valence-corrected chi connectivity index (χ4v) is 12.0. The fraction of sp³-hybridized carbons (Fsp3) is 0.562. The number of hydrogen-bond donors (Lipinski definition) is 4. The number of fused-ring (bicyclic) bond motifs is 3. The molecule has 14 atom stereocenters. The first-order valence-electron chi connectivity index (χ1n) is 21.9. The molecule has 5 fully saturated rings. The molecule has 0 aromatic heterocycles. The minimum Gasteiger partial charge on any atom is -0.459 e. The Kier molecular flexibility index (Phi) is 11.4. The molecule has 6 aliphatic rings. The molecule has 3 unspecified atom stereocenters. The fourth-order valence-electron chi connectivity index (χ4n) is 12.0. The molecule has 1 amide bonds. The van der Waals surface area contributed by atoms with Crippen LogP contribution in [0.3, 0.4) is 0 Å². The number of Topliss-reactive ketones (excluding diaryl/α,β-unsaturated/α-hetero) is 2. The first kappa shape index (κ1) is 46.1. The zero-order valence-corrected chi connectivity index (χ0v) is 37.2. The van der Waals surface area contributed by atoms with Crippen molar-refractivity contribution >= 4 is 41.5 Å². The molecule has 5 aliphatic carbocycles. The number of aliphatic hydroxyl groups excluding tert-OH is 2.